The van der Waals surface area contributed by atoms with E-state index in [0.29, 0.717) is 0 Å². The van der Waals surface area contributed by atoms with Crippen LogP contribution < -0.4 is 4.74 Å². The molecular weight excluding hydrogens is 192 g/mol. The molecule has 0 fully saturated rings. The lowest BCUT2D eigenvalue weighted by Crippen LogP contribution is -2.01. The predicted octanol–water partition coefficient (Wildman–Crippen LogP) is 1.19. The number of carbonyl (C=O) groups excluding carboxylic acids is 1. The van der Waals surface area contributed by atoms with Crippen molar-refractivity contribution in [1.29, 1.82) is 0 Å². The van der Waals surface area contributed by atoms with Gasteiger partial charge in [0.1, 0.15) is 5.75 Å². The summed E-state index contributed by atoms with van der Waals surface area (Å²) in [5.74, 6) is -0.187. The fraction of sp³-hybridized carbons (Fsp3) is 0.125. The average Bonchev–Trinajstić information content (AvgIpc) is 2.03. The maximum atomic E-state index is 10.6. The number of hydrogen-bond acceptors (Lipinski definition) is 3. The number of rotatable bonds is 2. The van der Waals surface area contributed by atoms with Crippen molar-refractivity contribution in [3.8, 4) is 5.75 Å². The summed E-state index contributed by atoms with van der Waals surface area (Å²) in [5, 5.41) is 0. The van der Waals surface area contributed by atoms with Crippen molar-refractivity contribution in [2.75, 3.05) is 0 Å². The predicted molar refractivity (Wildman–Crippen MR) is 46.8 cm³/mol. The van der Waals surface area contributed by atoms with Gasteiger partial charge in [0.25, 0.3) is 0 Å². The topological polar surface area (TPSA) is 63.6 Å². The summed E-state index contributed by atoms with van der Waals surface area (Å²) < 4.78 is 24.0. The van der Waals surface area contributed by atoms with Crippen molar-refractivity contribution in [2.24, 2.45) is 0 Å². The molecule has 1 aromatic rings. The molecule has 0 aromatic heterocycles. The lowest BCUT2D eigenvalue weighted by molar-refractivity contribution is -0.131. The van der Waals surface area contributed by atoms with Crippen molar-refractivity contribution >= 4 is 17.0 Å². The van der Waals surface area contributed by atoms with E-state index < -0.39 is 17.0 Å². The van der Waals surface area contributed by atoms with E-state index in [9.17, 15) is 9.00 Å². The van der Waals surface area contributed by atoms with Crippen LogP contribution >= 0.6 is 0 Å². The maximum absolute atomic E-state index is 10.6. The third kappa shape index (κ3) is 2.96. The first-order chi connectivity index (χ1) is 6.09. The molecule has 0 spiro atoms. The Bertz CT molecular complexity index is 348. The first kappa shape index (κ1) is 9.88. The molecule has 0 aliphatic carbocycles. The van der Waals surface area contributed by atoms with Crippen molar-refractivity contribution in [3.63, 3.8) is 0 Å². The Kier molecular flexibility index (Phi) is 3.16. The van der Waals surface area contributed by atoms with Crippen LogP contribution in [0.5, 0.6) is 5.75 Å². The quantitative estimate of drug-likeness (QED) is 0.442. The van der Waals surface area contributed by atoms with Gasteiger partial charge in [0, 0.05) is 6.92 Å². The van der Waals surface area contributed by atoms with Crippen LogP contribution in [0.4, 0.5) is 0 Å². The zero-order chi connectivity index (χ0) is 9.84. The second-order valence-corrected chi connectivity index (χ2v) is 3.29. The number of hydrogen-bond donors (Lipinski definition) is 1. The summed E-state index contributed by atoms with van der Waals surface area (Å²) in [7, 11) is 0. The highest BCUT2D eigenvalue weighted by Crippen LogP contribution is 2.15. The van der Waals surface area contributed by atoms with E-state index in [4.69, 9.17) is 9.29 Å². The van der Waals surface area contributed by atoms with Crippen LogP contribution in [0, 0.1) is 0 Å². The fourth-order valence-corrected chi connectivity index (χ4v) is 1.22. The summed E-state index contributed by atoms with van der Waals surface area (Å²) in [6.45, 7) is 1.27. The Labute approximate surface area is 77.8 Å². The van der Waals surface area contributed by atoms with Gasteiger partial charge in [0.2, 0.25) is 0 Å². The lowest BCUT2D eigenvalue weighted by atomic mass is 10.3. The molecular formula is C8H8O4S. The molecule has 0 saturated heterocycles. The Morgan fingerprint density at radius 3 is 2.77 bits per heavy atom. The van der Waals surface area contributed by atoms with Crippen molar-refractivity contribution in [1.82, 2.24) is 0 Å². The summed E-state index contributed by atoms with van der Waals surface area (Å²) in [6, 6.07) is 5.90. The van der Waals surface area contributed by atoms with E-state index in [1.165, 1.54) is 25.1 Å². The molecule has 0 heterocycles. The lowest BCUT2D eigenvalue weighted by Gasteiger charge is -2.01. The van der Waals surface area contributed by atoms with Crippen LogP contribution in [-0.2, 0) is 15.9 Å². The van der Waals surface area contributed by atoms with Crippen LogP contribution in [-0.4, -0.2) is 14.7 Å². The molecule has 0 bridgehead atoms. The molecule has 1 rings (SSSR count). The minimum atomic E-state index is -2.05. The molecule has 0 saturated carbocycles. The van der Waals surface area contributed by atoms with Crippen LogP contribution in [0.2, 0.25) is 0 Å². The average molecular weight is 200 g/mol. The molecule has 0 aliphatic heterocycles. The Morgan fingerprint density at radius 2 is 2.23 bits per heavy atom. The zero-order valence-corrected chi connectivity index (χ0v) is 7.71. The number of ether oxygens (including phenoxy) is 1. The third-order valence-electron chi connectivity index (χ3n) is 1.27. The molecule has 1 unspecified atom stereocenters. The largest absolute Gasteiger partial charge is 0.427 e. The summed E-state index contributed by atoms with van der Waals surface area (Å²) in [6.07, 6.45) is 0. The summed E-state index contributed by atoms with van der Waals surface area (Å²) >= 11 is -2.05. The molecule has 1 N–H and O–H groups in total. The maximum Gasteiger partial charge on any atom is 0.308 e. The van der Waals surface area contributed by atoms with E-state index in [0.717, 1.165) is 0 Å². The normalized spacial score (nSPS) is 12.2. The van der Waals surface area contributed by atoms with Gasteiger partial charge in [-0.2, -0.15) is 0 Å². The van der Waals surface area contributed by atoms with Gasteiger partial charge >= 0.3 is 5.97 Å². The minimum absolute atomic E-state index is 0.207. The highest BCUT2D eigenvalue weighted by atomic mass is 32.2. The highest BCUT2D eigenvalue weighted by molar-refractivity contribution is 7.79. The zero-order valence-electron chi connectivity index (χ0n) is 6.89. The van der Waals surface area contributed by atoms with Gasteiger partial charge in [0.05, 0.1) is 4.90 Å². The van der Waals surface area contributed by atoms with E-state index in [1.54, 1.807) is 6.07 Å². The van der Waals surface area contributed by atoms with E-state index in [1.807, 2.05) is 0 Å². The van der Waals surface area contributed by atoms with Gasteiger partial charge in [-0.05, 0) is 18.2 Å². The Hall–Kier alpha value is -1.20. The molecule has 1 aromatic carbocycles. The van der Waals surface area contributed by atoms with E-state index >= 15 is 0 Å². The minimum Gasteiger partial charge on any atom is -0.427 e. The van der Waals surface area contributed by atoms with E-state index in [-0.39, 0.29) is 10.6 Å². The van der Waals surface area contributed by atoms with Crippen molar-refractivity contribution in [3.05, 3.63) is 24.3 Å². The van der Waals surface area contributed by atoms with Gasteiger partial charge in [-0.15, -0.1) is 0 Å². The Morgan fingerprint density at radius 1 is 1.54 bits per heavy atom. The molecule has 0 radical (unpaired) electrons. The van der Waals surface area contributed by atoms with Crippen LogP contribution in [0.15, 0.2) is 29.2 Å². The summed E-state index contributed by atoms with van der Waals surface area (Å²) in [4.78, 5) is 10.7. The number of carbonyl (C=O) groups is 1. The monoisotopic (exact) mass is 200 g/mol. The smallest absolute Gasteiger partial charge is 0.308 e. The standard InChI is InChI=1S/C8H8O4S/c1-6(9)12-7-3-2-4-8(5-7)13(10)11/h2-5H,1H3,(H,10,11). The van der Waals surface area contributed by atoms with Crippen LogP contribution in [0.25, 0.3) is 0 Å². The van der Waals surface area contributed by atoms with Gasteiger partial charge in [0.15, 0.2) is 11.1 Å². The number of benzene rings is 1. The second kappa shape index (κ2) is 4.15. The van der Waals surface area contributed by atoms with Gasteiger partial charge in [-0.3, -0.25) is 4.79 Å². The fourth-order valence-electron chi connectivity index (χ4n) is 0.812. The van der Waals surface area contributed by atoms with Crippen LogP contribution in [0.3, 0.4) is 0 Å². The molecule has 1 atom stereocenters. The van der Waals surface area contributed by atoms with Gasteiger partial charge in [-0.25, -0.2) is 4.21 Å². The molecule has 4 nitrogen and oxygen atoms in total. The second-order valence-electron chi connectivity index (χ2n) is 2.32. The first-order valence-corrected chi connectivity index (χ1v) is 4.59. The van der Waals surface area contributed by atoms with E-state index in [2.05, 4.69) is 0 Å². The number of esters is 1. The molecule has 5 heteroatoms. The Balaban J connectivity index is 2.91. The summed E-state index contributed by atoms with van der Waals surface area (Å²) in [5.41, 5.74) is 0. The van der Waals surface area contributed by atoms with Gasteiger partial charge < -0.3 is 9.29 Å². The van der Waals surface area contributed by atoms with Crippen LogP contribution in [0.1, 0.15) is 6.92 Å². The van der Waals surface area contributed by atoms with Crippen molar-refractivity contribution < 1.29 is 18.3 Å². The SMILES string of the molecule is CC(=O)Oc1cccc(S(=O)O)c1. The molecule has 70 valence electrons. The van der Waals surface area contributed by atoms with Crippen molar-refractivity contribution in [2.45, 2.75) is 11.8 Å². The molecule has 13 heavy (non-hydrogen) atoms. The molecule has 0 amide bonds. The third-order valence-corrected chi connectivity index (χ3v) is 1.93. The highest BCUT2D eigenvalue weighted by Gasteiger charge is 2.02. The van der Waals surface area contributed by atoms with Gasteiger partial charge in [-0.1, -0.05) is 6.07 Å². The molecule has 0 aliphatic rings. The first-order valence-electron chi connectivity index (χ1n) is 3.49.